The summed E-state index contributed by atoms with van der Waals surface area (Å²) in [6, 6.07) is 7.83. The number of aliphatic hydroxyl groups excluding tert-OH is 1. The first-order valence-corrected chi connectivity index (χ1v) is 10.1. The Labute approximate surface area is 156 Å². The monoisotopic (exact) mass is 453 g/mol. The molecular weight excluding hydrogens is 442 g/mol. The fraction of sp³-hybridized carbons (Fsp3) is 0.214. The third kappa shape index (κ3) is 5.27. The smallest absolute Gasteiger partial charge is 0.326 e. The van der Waals surface area contributed by atoms with Crippen molar-refractivity contribution in [2.45, 2.75) is 17.5 Å². The van der Waals surface area contributed by atoms with Gasteiger partial charge in [0.2, 0.25) is 10.0 Å². The maximum Gasteiger partial charge on any atom is 0.326 e. The molecule has 0 bridgehead atoms. The van der Waals surface area contributed by atoms with E-state index in [4.69, 9.17) is 16.3 Å². The highest BCUT2D eigenvalue weighted by Crippen LogP contribution is 2.22. The Kier molecular flexibility index (Phi) is 6.79. The molecule has 0 saturated carbocycles. The molecule has 2 aromatic rings. The van der Waals surface area contributed by atoms with E-state index in [0.717, 1.165) is 0 Å². The van der Waals surface area contributed by atoms with Gasteiger partial charge in [-0.25, -0.2) is 8.42 Å². The zero-order chi connectivity index (χ0) is 17.7. The van der Waals surface area contributed by atoms with Crippen LogP contribution in [0, 0.1) is 0 Å². The molecule has 2 N–H and O–H groups in total. The van der Waals surface area contributed by atoms with E-state index >= 15 is 0 Å². The molecule has 0 aliphatic carbocycles. The molecule has 0 radical (unpaired) electrons. The van der Waals surface area contributed by atoms with E-state index in [1.165, 1.54) is 23.5 Å². The summed E-state index contributed by atoms with van der Waals surface area (Å²) in [5.74, 6) is -0.872. The van der Waals surface area contributed by atoms with Crippen LogP contribution in [0.15, 0.2) is 45.8 Å². The Morgan fingerprint density at radius 2 is 1.96 bits per heavy atom. The van der Waals surface area contributed by atoms with E-state index < -0.39 is 28.6 Å². The number of rotatable bonds is 7. The van der Waals surface area contributed by atoms with E-state index in [0.29, 0.717) is 13.7 Å². The van der Waals surface area contributed by atoms with Gasteiger partial charge in [0.15, 0.2) is 0 Å². The molecule has 0 fully saturated rings. The van der Waals surface area contributed by atoms with Gasteiger partial charge in [-0.05, 0) is 36.4 Å². The van der Waals surface area contributed by atoms with E-state index in [2.05, 4.69) is 20.7 Å². The summed E-state index contributed by atoms with van der Waals surface area (Å²) in [4.78, 5) is 12.7. The number of esters is 1. The van der Waals surface area contributed by atoms with Gasteiger partial charge < -0.3 is 9.84 Å². The Morgan fingerprint density at radius 3 is 2.50 bits per heavy atom. The Balaban J connectivity index is 2.01. The van der Waals surface area contributed by atoms with E-state index in [-0.39, 0.29) is 11.5 Å². The Morgan fingerprint density at radius 1 is 1.29 bits per heavy atom. The summed E-state index contributed by atoms with van der Waals surface area (Å²) in [7, 11) is -3.96. The molecule has 1 unspecified atom stereocenters. The zero-order valence-electron chi connectivity index (χ0n) is 12.1. The van der Waals surface area contributed by atoms with E-state index in [1.54, 1.807) is 24.3 Å². The number of thiophene rings is 1. The van der Waals surface area contributed by atoms with Gasteiger partial charge in [0.25, 0.3) is 0 Å². The number of carbonyl (C=O) groups excluding carboxylic acids is 1. The highest BCUT2D eigenvalue weighted by atomic mass is 79.9. The number of nitrogens with one attached hydrogen (secondary N) is 1. The van der Waals surface area contributed by atoms with Crippen molar-refractivity contribution in [3.63, 3.8) is 0 Å². The first-order chi connectivity index (χ1) is 11.3. The standard InChI is InChI=1S/C14H13BrClNO5S2/c15-9-1-4-11(5-2-9)24(20,21)17-12(7-18)14(19)22-8-10-3-6-13(16)23-10/h1-6,12,17-18H,7-8H2. The van der Waals surface area contributed by atoms with Crippen LogP contribution in [0.25, 0.3) is 0 Å². The lowest BCUT2D eigenvalue weighted by molar-refractivity contribution is -0.147. The number of hydrogen-bond acceptors (Lipinski definition) is 6. The number of aliphatic hydroxyl groups is 1. The highest BCUT2D eigenvalue weighted by Gasteiger charge is 2.26. The normalized spacial score (nSPS) is 12.8. The fourth-order valence-corrected chi connectivity index (χ4v) is 4.14. The summed E-state index contributed by atoms with van der Waals surface area (Å²) in [6.07, 6.45) is 0. The second kappa shape index (κ2) is 8.41. The maximum atomic E-state index is 12.2. The van der Waals surface area contributed by atoms with Gasteiger partial charge in [0, 0.05) is 9.35 Å². The lowest BCUT2D eigenvalue weighted by atomic mass is 10.3. The molecular formula is C14H13BrClNO5S2. The predicted octanol–water partition coefficient (Wildman–Crippen LogP) is 2.55. The maximum absolute atomic E-state index is 12.2. The van der Waals surface area contributed by atoms with Crippen LogP contribution in [0.5, 0.6) is 0 Å². The van der Waals surface area contributed by atoms with Gasteiger partial charge in [-0.15, -0.1) is 11.3 Å². The first-order valence-electron chi connectivity index (χ1n) is 6.61. The third-order valence-electron chi connectivity index (χ3n) is 2.87. The summed E-state index contributed by atoms with van der Waals surface area (Å²) < 4.78 is 32.9. The van der Waals surface area contributed by atoms with Crippen LogP contribution in [0.2, 0.25) is 4.34 Å². The van der Waals surface area contributed by atoms with Gasteiger partial charge in [0.05, 0.1) is 15.8 Å². The Bertz CT molecular complexity index is 807. The average Bonchev–Trinajstić information content (AvgIpc) is 2.96. The molecule has 6 nitrogen and oxygen atoms in total. The summed E-state index contributed by atoms with van der Waals surface area (Å²) in [5.41, 5.74) is 0. The zero-order valence-corrected chi connectivity index (χ0v) is 16.1. The second-order valence-corrected chi connectivity index (χ2v) is 9.05. The minimum atomic E-state index is -3.96. The highest BCUT2D eigenvalue weighted by molar-refractivity contribution is 9.10. The minimum Gasteiger partial charge on any atom is -0.459 e. The molecule has 24 heavy (non-hydrogen) atoms. The number of ether oxygens (including phenoxy) is 1. The first kappa shape index (κ1) is 19.4. The molecule has 0 aliphatic heterocycles. The van der Waals surface area contributed by atoms with Crippen LogP contribution < -0.4 is 4.72 Å². The summed E-state index contributed by atoms with van der Waals surface area (Å²) in [6.45, 7) is -0.771. The molecule has 0 saturated heterocycles. The summed E-state index contributed by atoms with van der Waals surface area (Å²) >= 11 is 10.2. The molecule has 1 aromatic heterocycles. The van der Waals surface area contributed by atoms with Crippen LogP contribution in [0.4, 0.5) is 0 Å². The van der Waals surface area contributed by atoms with Gasteiger partial charge in [-0.1, -0.05) is 27.5 Å². The van der Waals surface area contributed by atoms with Crippen LogP contribution in [-0.4, -0.2) is 32.1 Å². The molecule has 2 rings (SSSR count). The van der Waals surface area contributed by atoms with Crippen molar-refractivity contribution in [1.29, 1.82) is 0 Å². The number of benzene rings is 1. The molecule has 0 aliphatic rings. The molecule has 1 atom stereocenters. The van der Waals surface area contributed by atoms with E-state index in [1.807, 2.05) is 0 Å². The Hall–Kier alpha value is -0.970. The molecule has 10 heteroatoms. The number of halogens is 2. The van der Waals surface area contributed by atoms with Crippen molar-refractivity contribution < 1.29 is 23.1 Å². The van der Waals surface area contributed by atoms with Crippen molar-refractivity contribution in [1.82, 2.24) is 4.72 Å². The predicted molar refractivity (Wildman–Crippen MR) is 94.5 cm³/mol. The summed E-state index contributed by atoms with van der Waals surface area (Å²) in [5, 5.41) is 9.30. The minimum absolute atomic E-state index is 0.0259. The SMILES string of the molecule is O=C(OCc1ccc(Cl)s1)C(CO)NS(=O)(=O)c1ccc(Br)cc1. The van der Waals surface area contributed by atoms with Crippen molar-refractivity contribution >= 4 is 54.9 Å². The molecule has 0 amide bonds. The topological polar surface area (TPSA) is 92.7 Å². The van der Waals surface area contributed by atoms with Gasteiger partial charge >= 0.3 is 5.97 Å². The van der Waals surface area contributed by atoms with Gasteiger partial charge in [-0.2, -0.15) is 4.72 Å². The van der Waals surface area contributed by atoms with Crippen LogP contribution in [0.3, 0.4) is 0 Å². The van der Waals surface area contributed by atoms with Gasteiger partial charge in [0.1, 0.15) is 12.6 Å². The molecule has 130 valence electrons. The number of carbonyl (C=O) groups is 1. The average molecular weight is 455 g/mol. The van der Waals surface area contributed by atoms with Crippen molar-refractivity contribution in [3.05, 3.63) is 50.1 Å². The quantitative estimate of drug-likeness (QED) is 0.627. The lowest BCUT2D eigenvalue weighted by Gasteiger charge is -2.15. The number of sulfonamides is 1. The van der Waals surface area contributed by atoms with Crippen LogP contribution >= 0.6 is 38.9 Å². The van der Waals surface area contributed by atoms with Crippen molar-refractivity contribution in [2.75, 3.05) is 6.61 Å². The second-order valence-electron chi connectivity index (χ2n) is 4.62. The van der Waals surface area contributed by atoms with Crippen molar-refractivity contribution in [3.8, 4) is 0 Å². The van der Waals surface area contributed by atoms with Crippen LogP contribution in [0.1, 0.15) is 4.88 Å². The molecule has 1 heterocycles. The van der Waals surface area contributed by atoms with Gasteiger partial charge in [-0.3, -0.25) is 4.79 Å². The lowest BCUT2D eigenvalue weighted by Crippen LogP contribution is -2.44. The fourth-order valence-electron chi connectivity index (χ4n) is 1.70. The van der Waals surface area contributed by atoms with Crippen molar-refractivity contribution in [2.24, 2.45) is 0 Å². The third-order valence-corrected chi connectivity index (χ3v) is 6.09. The molecule has 1 aromatic carbocycles. The number of hydrogen-bond donors (Lipinski definition) is 2. The van der Waals surface area contributed by atoms with Crippen LogP contribution in [-0.2, 0) is 26.2 Å². The largest absolute Gasteiger partial charge is 0.459 e. The van der Waals surface area contributed by atoms with E-state index in [9.17, 15) is 18.3 Å². The molecule has 0 spiro atoms.